The first-order chi connectivity index (χ1) is 7.00. The molecule has 1 saturated heterocycles. The molecule has 0 radical (unpaired) electrons. The van der Waals surface area contributed by atoms with E-state index in [1.807, 2.05) is 21.0 Å². The fraction of sp³-hybridized carbons (Fsp3) is 0.909. The molecule has 2 N–H and O–H groups in total. The molecule has 0 aliphatic carbocycles. The summed E-state index contributed by atoms with van der Waals surface area (Å²) in [6.07, 6.45) is 0. The number of hydrogen-bond acceptors (Lipinski definition) is 3. The Balaban J connectivity index is 2.34. The lowest BCUT2D eigenvalue weighted by molar-refractivity contribution is -0.126. The number of likely N-dealkylation sites (N-methyl/N-ethyl adjacent to an activating group) is 1. The summed E-state index contributed by atoms with van der Waals surface area (Å²) in [7, 11) is 4.03. The Bertz CT molecular complexity index is 218. The first kappa shape index (κ1) is 12.5. The number of rotatable bonds is 4. The summed E-state index contributed by atoms with van der Waals surface area (Å²) in [4.78, 5) is 14.0. The zero-order valence-corrected chi connectivity index (χ0v) is 10.2. The van der Waals surface area contributed by atoms with Crippen molar-refractivity contribution in [3.63, 3.8) is 0 Å². The van der Waals surface area contributed by atoms with Gasteiger partial charge < -0.3 is 15.5 Å². The molecule has 1 fully saturated rings. The summed E-state index contributed by atoms with van der Waals surface area (Å²) >= 11 is 0. The minimum Gasteiger partial charge on any atom is -0.352 e. The second kappa shape index (κ2) is 5.47. The van der Waals surface area contributed by atoms with E-state index >= 15 is 0 Å². The van der Waals surface area contributed by atoms with Crippen LogP contribution in [0.25, 0.3) is 0 Å². The van der Waals surface area contributed by atoms with Crippen LogP contribution in [0.5, 0.6) is 0 Å². The predicted molar refractivity (Wildman–Crippen MR) is 61.7 cm³/mol. The monoisotopic (exact) mass is 213 g/mol. The molecule has 0 saturated carbocycles. The van der Waals surface area contributed by atoms with E-state index in [1.165, 1.54) is 0 Å². The molecule has 15 heavy (non-hydrogen) atoms. The van der Waals surface area contributed by atoms with Gasteiger partial charge in [0.05, 0.1) is 5.92 Å². The number of carbonyl (C=O) groups is 1. The van der Waals surface area contributed by atoms with Gasteiger partial charge in [0.15, 0.2) is 0 Å². The van der Waals surface area contributed by atoms with Crippen molar-refractivity contribution < 1.29 is 4.79 Å². The molecule has 1 aliphatic heterocycles. The standard InChI is InChI=1S/C11H23N3O/c1-8-5-12-6-10(8)11(15)13-9(2)7-14(3)4/h8-10,12H,5-7H2,1-4H3,(H,13,15)/t8-,9?,10-/m1/s1. The fourth-order valence-corrected chi connectivity index (χ4v) is 2.10. The summed E-state index contributed by atoms with van der Waals surface area (Å²) in [5.41, 5.74) is 0. The minimum absolute atomic E-state index is 0.148. The Labute approximate surface area is 92.4 Å². The minimum atomic E-state index is 0.148. The van der Waals surface area contributed by atoms with Gasteiger partial charge in [0.25, 0.3) is 0 Å². The Hall–Kier alpha value is -0.610. The summed E-state index contributed by atoms with van der Waals surface area (Å²) in [6.45, 7) is 6.84. The number of nitrogens with one attached hydrogen (secondary N) is 2. The van der Waals surface area contributed by atoms with E-state index in [2.05, 4.69) is 22.5 Å². The van der Waals surface area contributed by atoms with Crippen LogP contribution in [-0.4, -0.2) is 50.6 Å². The average Bonchev–Trinajstić information content (AvgIpc) is 2.49. The van der Waals surface area contributed by atoms with E-state index in [4.69, 9.17) is 0 Å². The molecule has 1 heterocycles. The van der Waals surface area contributed by atoms with Crippen molar-refractivity contribution in [3.05, 3.63) is 0 Å². The van der Waals surface area contributed by atoms with E-state index in [-0.39, 0.29) is 17.9 Å². The van der Waals surface area contributed by atoms with Crippen LogP contribution in [0.2, 0.25) is 0 Å². The average molecular weight is 213 g/mol. The Morgan fingerprint density at radius 3 is 2.67 bits per heavy atom. The Morgan fingerprint density at radius 2 is 2.20 bits per heavy atom. The molecule has 1 unspecified atom stereocenters. The summed E-state index contributed by atoms with van der Waals surface area (Å²) in [5, 5.41) is 6.31. The molecule has 4 heteroatoms. The van der Waals surface area contributed by atoms with Crippen LogP contribution in [0, 0.1) is 11.8 Å². The fourth-order valence-electron chi connectivity index (χ4n) is 2.10. The maximum absolute atomic E-state index is 11.9. The van der Waals surface area contributed by atoms with Gasteiger partial charge in [0.1, 0.15) is 0 Å². The van der Waals surface area contributed by atoms with Gasteiger partial charge in [-0.05, 0) is 33.5 Å². The van der Waals surface area contributed by atoms with Gasteiger partial charge in [-0.3, -0.25) is 4.79 Å². The molecule has 88 valence electrons. The van der Waals surface area contributed by atoms with Crippen molar-refractivity contribution in [2.45, 2.75) is 19.9 Å². The van der Waals surface area contributed by atoms with Gasteiger partial charge in [0, 0.05) is 19.1 Å². The van der Waals surface area contributed by atoms with Crippen molar-refractivity contribution in [1.82, 2.24) is 15.5 Å². The quantitative estimate of drug-likeness (QED) is 0.686. The zero-order valence-electron chi connectivity index (χ0n) is 10.2. The van der Waals surface area contributed by atoms with Crippen LogP contribution < -0.4 is 10.6 Å². The van der Waals surface area contributed by atoms with Crippen molar-refractivity contribution in [2.75, 3.05) is 33.7 Å². The van der Waals surface area contributed by atoms with Crippen LogP contribution in [0.15, 0.2) is 0 Å². The number of carbonyl (C=O) groups excluding carboxylic acids is 1. The van der Waals surface area contributed by atoms with E-state index in [1.54, 1.807) is 0 Å². The highest BCUT2D eigenvalue weighted by Gasteiger charge is 2.29. The van der Waals surface area contributed by atoms with Gasteiger partial charge in [-0.2, -0.15) is 0 Å². The first-order valence-electron chi connectivity index (χ1n) is 5.66. The lowest BCUT2D eigenvalue weighted by atomic mass is 9.97. The van der Waals surface area contributed by atoms with Crippen LogP contribution in [0.1, 0.15) is 13.8 Å². The SMILES string of the molecule is CC(CN(C)C)NC(=O)[C@@H]1CNC[C@H]1C. The topological polar surface area (TPSA) is 44.4 Å². The Kier molecular flexibility index (Phi) is 4.54. The van der Waals surface area contributed by atoms with E-state index in [0.29, 0.717) is 5.92 Å². The highest BCUT2D eigenvalue weighted by atomic mass is 16.2. The second-order valence-electron chi connectivity index (χ2n) is 4.91. The third-order valence-electron chi connectivity index (χ3n) is 2.88. The van der Waals surface area contributed by atoms with Crippen LogP contribution in [0.3, 0.4) is 0 Å². The van der Waals surface area contributed by atoms with E-state index in [9.17, 15) is 4.79 Å². The smallest absolute Gasteiger partial charge is 0.224 e. The van der Waals surface area contributed by atoms with Gasteiger partial charge >= 0.3 is 0 Å². The summed E-state index contributed by atoms with van der Waals surface area (Å²) in [5.74, 6) is 0.799. The molecule has 0 aromatic heterocycles. The normalized spacial score (nSPS) is 28.1. The van der Waals surface area contributed by atoms with Gasteiger partial charge in [-0.1, -0.05) is 6.92 Å². The molecule has 1 rings (SSSR count). The zero-order chi connectivity index (χ0) is 11.4. The Morgan fingerprint density at radius 1 is 1.53 bits per heavy atom. The van der Waals surface area contributed by atoms with Gasteiger partial charge in [0.2, 0.25) is 5.91 Å². The van der Waals surface area contributed by atoms with Gasteiger partial charge in [-0.15, -0.1) is 0 Å². The lowest BCUT2D eigenvalue weighted by Gasteiger charge is -2.21. The first-order valence-corrected chi connectivity index (χ1v) is 5.66. The summed E-state index contributed by atoms with van der Waals surface area (Å²) in [6, 6.07) is 0.222. The number of hydrogen-bond donors (Lipinski definition) is 2. The maximum atomic E-state index is 11.9. The molecule has 3 atom stereocenters. The molecule has 1 amide bonds. The molecule has 0 spiro atoms. The van der Waals surface area contributed by atoms with Crippen LogP contribution in [-0.2, 0) is 4.79 Å². The van der Waals surface area contributed by atoms with Crippen molar-refractivity contribution in [1.29, 1.82) is 0 Å². The number of amides is 1. The molecule has 0 aromatic rings. The van der Waals surface area contributed by atoms with Crippen molar-refractivity contribution in [2.24, 2.45) is 11.8 Å². The van der Waals surface area contributed by atoms with E-state index < -0.39 is 0 Å². The largest absolute Gasteiger partial charge is 0.352 e. The molecule has 1 aliphatic rings. The van der Waals surface area contributed by atoms with Crippen LogP contribution >= 0.6 is 0 Å². The number of nitrogens with zero attached hydrogens (tertiary/aromatic N) is 1. The van der Waals surface area contributed by atoms with Crippen molar-refractivity contribution >= 4 is 5.91 Å². The molecule has 0 aromatic carbocycles. The molecular formula is C11H23N3O. The maximum Gasteiger partial charge on any atom is 0.224 e. The molecular weight excluding hydrogens is 190 g/mol. The highest BCUT2D eigenvalue weighted by Crippen LogP contribution is 2.15. The summed E-state index contributed by atoms with van der Waals surface area (Å²) < 4.78 is 0. The van der Waals surface area contributed by atoms with Gasteiger partial charge in [-0.25, -0.2) is 0 Å². The van der Waals surface area contributed by atoms with E-state index in [0.717, 1.165) is 19.6 Å². The molecule has 4 nitrogen and oxygen atoms in total. The van der Waals surface area contributed by atoms with Crippen molar-refractivity contribution in [3.8, 4) is 0 Å². The lowest BCUT2D eigenvalue weighted by Crippen LogP contribution is -2.43. The third-order valence-corrected chi connectivity index (χ3v) is 2.88. The second-order valence-corrected chi connectivity index (χ2v) is 4.91. The highest BCUT2D eigenvalue weighted by molar-refractivity contribution is 5.79. The predicted octanol–water partition coefficient (Wildman–Crippen LogP) is -0.0918. The molecule has 0 bridgehead atoms. The van der Waals surface area contributed by atoms with Crippen LogP contribution in [0.4, 0.5) is 0 Å². The third kappa shape index (κ3) is 3.80.